The van der Waals surface area contributed by atoms with Crippen LogP contribution < -0.4 is 0 Å². The van der Waals surface area contributed by atoms with E-state index in [9.17, 15) is 4.79 Å². The number of methoxy groups -OCH3 is 1. The molecule has 0 aromatic carbocycles. The Balaban J connectivity index is 2.14. The number of carbonyl (C=O) groups excluding carboxylic acids is 1. The normalized spacial score (nSPS) is 25.6. The number of ether oxygens (including phenoxy) is 1. The molecule has 1 N–H and O–H groups in total. The van der Waals surface area contributed by atoms with Crippen LogP contribution in [0.25, 0.3) is 0 Å². The smallest absolute Gasteiger partial charge is 0.224 e. The average molecular weight is 201 g/mol. The molecular weight excluding hydrogens is 182 g/mol. The molecule has 0 saturated heterocycles. The van der Waals surface area contributed by atoms with E-state index in [0.717, 1.165) is 19.4 Å². The summed E-state index contributed by atoms with van der Waals surface area (Å²) in [5.74, 6) is 0.606. The lowest BCUT2D eigenvalue weighted by Crippen LogP contribution is -2.39. The lowest BCUT2D eigenvalue weighted by atomic mass is 9.82. The van der Waals surface area contributed by atoms with Crippen molar-refractivity contribution in [3.05, 3.63) is 0 Å². The highest BCUT2D eigenvalue weighted by Crippen LogP contribution is 2.27. The van der Waals surface area contributed by atoms with Crippen molar-refractivity contribution in [3.63, 3.8) is 0 Å². The SMILES string of the molecule is COCCC(=O)N(C)CC1CC(O)C1. The minimum atomic E-state index is -0.137. The van der Waals surface area contributed by atoms with E-state index < -0.39 is 0 Å². The molecule has 0 atom stereocenters. The molecule has 0 aromatic heterocycles. The van der Waals surface area contributed by atoms with E-state index in [1.54, 1.807) is 12.0 Å². The molecule has 1 aliphatic carbocycles. The molecule has 0 unspecified atom stereocenters. The summed E-state index contributed by atoms with van der Waals surface area (Å²) in [4.78, 5) is 13.2. The van der Waals surface area contributed by atoms with Crippen LogP contribution in [0.1, 0.15) is 19.3 Å². The first-order valence-electron chi connectivity index (χ1n) is 5.04. The highest BCUT2D eigenvalue weighted by Gasteiger charge is 2.28. The second-order valence-electron chi connectivity index (χ2n) is 4.01. The van der Waals surface area contributed by atoms with Gasteiger partial charge in [-0.1, -0.05) is 0 Å². The van der Waals surface area contributed by atoms with Gasteiger partial charge in [-0.15, -0.1) is 0 Å². The van der Waals surface area contributed by atoms with Crippen LogP contribution in [0.4, 0.5) is 0 Å². The first-order chi connectivity index (χ1) is 6.63. The van der Waals surface area contributed by atoms with Crippen molar-refractivity contribution in [1.82, 2.24) is 4.90 Å². The van der Waals surface area contributed by atoms with Crippen LogP contribution in [0.15, 0.2) is 0 Å². The maximum absolute atomic E-state index is 11.4. The van der Waals surface area contributed by atoms with E-state index >= 15 is 0 Å². The zero-order valence-electron chi connectivity index (χ0n) is 8.90. The van der Waals surface area contributed by atoms with Gasteiger partial charge in [0, 0.05) is 20.7 Å². The van der Waals surface area contributed by atoms with Crippen molar-refractivity contribution >= 4 is 5.91 Å². The van der Waals surface area contributed by atoms with Crippen molar-refractivity contribution < 1.29 is 14.6 Å². The van der Waals surface area contributed by atoms with Crippen LogP contribution >= 0.6 is 0 Å². The molecule has 14 heavy (non-hydrogen) atoms. The van der Waals surface area contributed by atoms with Crippen molar-refractivity contribution in [2.45, 2.75) is 25.4 Å². The number of aliphatic hydroxyl groups is 1. The topological polar surface area (TPSA) is 49.8 Å². The Labute approximate surface area is 84.8 Å². The lowest BCUT2D eigenvalue weighted by molar-refractivity contribution is -0.132. The quantitative estimate of drug-likeness (QED) is 0.693. The van der Waals surface area contributed by atoms with Gasteiger partial charge in [0.15, 0.2) is 0 Å². The van der Waals surface area contributed by atoms with Gasteiger partial charge >= 0.3 is 0 Å². The van der Waals surface area contributed by atoms with Crippen LogP contribution in [0, 0.1) is 5.92 Å². The maximum atomic E-state index is 11.4. The highest BCUT2D eigenvalue weighted by atomic mass is 16.5. The van der Waals surface area contributed by atoms with E-state index in [1.165, 1.54) is 0 Å². The Hall–Kier alpha value is -0.610. The second-order valence-corrected chi connectivity index (χ2v) is 4.01. The zero-order valence-corrected chi connectivity index (χ0v) is 8.90. The Kier molecular flexibility index (Phi) is 4.35. The third kappa shape index (κ3) is 3.27. The largest absolute Gasteiger partial charge is 0.393 e. The Bertz CT molecular complexity index is 190. The maximum Gasteiger partial charge on any atom is 0.224 e. The summed E-state index contributed by atoms with van der Waals surface area (Å²) in [5, 5.41) is 9.09. The third-order valence-electron chi connectivity index (χ3n) is 2.69. The molecule has 1 rings (SSSR count). The molecule has 0 aromatic rings. The highest BCUT2D eigenvalue weighted by molar-refractivity contribution is 5.75. The summed E-state index contributed by atoms with van der Waals surface area (Å²) in [5.41, 5.74) is 0. The third-order valence-corrected chi connectivity index (χ3v) is 2.69. The molecule has 1 fully saturated rings. The fourth-order valence-electron chi connectivity index (χ4n) is 1.72. The Morgan fingerprint density at radius 3 is 2.71 bits per heavy atom. The standard InChI is InChI=1S/C10H19NO3/c1-11(10(13)3-4-14-2)7-8-5-9(12)6-8/h8-9,12H,3-7H2,1-2H3. The summed E-state index contributed by atoms with van der Waals surface area (Å²) in [6, 6.07) is 0. The van der Waals surface area contributed by atoms with Gasteiger partial charge in [0.25, 0.3) is 0 Å². The number of hydrogen-bond donors (Lipinski definition) is 1. The van der Waals surface area contributed by atoms with Gasteiger partial charge in [0.2, 0.25) is 5.91 Å². The number of nitrogens with zero attached hydrogens (tertiary/aromatic N) is 1. The van der Waals surface area contributed by atoms with Crippen molar-refractivity contribution in [2.24, 2.45) is 5.92 Å². The van der Waals surface area contributed by atoms with E-state index in [4.69, 9.17) is 9.84 Å². The zero-order chi connectivity index (χ0) is 10.6. The van der Waals surface area contributed by atoms with Crippen molar-refractivity contribution in [1.29, 1.82) is 0 Å². The minimum Gasteiger partial charge on any atom is -0.393 e. The van der Waals surface area contributed by atoms with Crippen molar-refractivity contribution in [2.75, 3.05) is 27.3 Å². The van der Waals surface area contributed by atoms with Crippen LogP contribution in [0.3, 0.4) is 0 Å². The van der Waals surface area contributed by atoms with Gasteiger partial charge in [-0.2, -0.15) is 0 Å². The minimum absolute atomic E-state index is 0.119. The molecule has 0 heterocycles. The average Bonchev–Trinajstić information content (AvgIpc) is 2.11. The van der Waals surface area contributed by atoms with E-state index in [1.807, 2.05) is 7.05 Å². The lowest BCUT2D eigenvalue weighted by Gasteiger charge is -2.34. The van der Waals surface area contributed by atoms with Crippen LogP contribution in [0.2, 0.25) is 0 Å². The first kappa shape index (κ1) is 11.5. The van der Waals surface area contributed by atoms with Gasteiger partial charge in [-0.3, -0.25) is 4.79 Å². The fraction of sp³-hybridized carbons (Fsp3) is 0.900. The number of rotatable bonds is 5. The van der Waals surface area contributed by atoms with Gasteiger partial charge in [-0.05, 0) is 18.8 Å². The second kappa shape index (κ2) is 5.32. The molecule has 4 nitrogen and oxygen atoms in total. The molecule has 0 spiro atoms. The molecule has 0 radical (unpaired) electrons. The molecule has 82 valence electrons. The predicted octanol–water partition coefficient (Wildman–Crippen LogP) is 0.252. The molecule has 1 amide bonds. The molecule has 4 heteroatoms. The van der Waals surface area contributed by atoms with Crippen LogP contribution in [-0.2, 0) is 9.53 Å². The number of hydrogen-bond acceptors (Lipinski definition) is 3. The Morgan fingerprint density at radius 2 is 2.21 bits per heavy atom. The molecular formula is C10H19NO3. The van der Waals surface area contributed by atoms with E-state index in [-0.39, 0.29) is 12.0 Å². The summed E-state index contributed by atoms with van der Waals surface area (Å²) in [6.45, 7) is 1.25. The molecule has 0 bridgehead atoms. The summed E-state index contributed by atoms with van der Waals surface area (Å²) < 4.78 is 4.84. The van der Waals surface area contributed by atoms with Gasteiger partial charge in [0.05, 0.1) is 19.1 Å². The number of carbonyl (C=O) groups is 1. The van der Waals surface area contributed by atoms with E-state index in [0.29, 0.717) is 18.9 Å². The fourth-order valence-corrected chi connectivity index (χ4v) is 1.72. The first-order valence-corrected chi connectivity index (χ1v) is 5.04. The predicted molar refractivity (Wildman–Crippen MR) is 52.9 cm³/mol. The summed E-state index contributed by atoms with van der Waals surface area (Å²) >= 11 is 0. The van der Waals surface area contributed by atoms with Crippen LogP contribution in [-0.4, -0.2) is 49.3 Å². The van der Waals surface area contributed by atoms with Gasteiger partial charge < -0.3 is 14.7 Å². The van der Waals surface area contributed by atoms with Crippen LogP contribution in [0.5, 0.6) is 0 Å². The van der Waals surface area contributed by atoms with Gasteiger partial charge in [0.1, 0.15) is 0 Å². The molecule has 0 aliphatic heterocycles. The number of amides is 1. The van der Waals surface area contributed by atoms with Gasteiger partial charge in [-0.25, -0.2) is 0 Å². The molecule has 1 saturated carbocycles. The number of aliphatic hydroxyl groups excluding tert-OH is 1. The summed E-state index contributed by atoms with van der Waals surface area (Å²) in [6.07, 6.45) is 1.98. The van der Waals surface area contributed by atoms with E-state index in [2.05, 4.69) is 0 Å². The monoisotopic (exact) mass is 201 g/mol. The molecule has 1 aliphatic rings. The van der Waals surface area contributed by atoms with Crippen molar-refractivity contribution in [3.8, 4) is 0 Å². The Morgan fingerprint density at radius 1 is 1.57 bits per heavy atom. The summed E-state index contributed by atoms with van der Waals surface area (Å²) in [7, 11) is 3.40.